The van der Waals surface area contributed by atoms with Gasteiger partial charge in [0.2, 0.25) is 6.10 Å². The summed E-state index contributed by atoms with van der Waals surface area (Å²) in [6.45, 7) is 0.218. The molecule has 0 aromatic heterocycles. The number of aryl methyl sites for hydroxylation is 1. The molecule has 0 fully saturated rings. The fraction of sp³-hybridized carbons (Fsp3) is 0.438. The van der Waals surface area contributed by atoms with E-state index in [1.807, 2.05) is 0 Å². The molecule has 1 aromatic rings. The van der Waals surface area contributed by atoms with E-state index in [2.05, 4.69) is 4.84 Å². The third-order valence-corrected chi connectivity index (χ3v) is 7.39. The van der Waals surface area contributed by atoms with E-state index in [1.165, 1.54) is 0 Å². The van der Waals surface area contributed by atoms with Gasteiger partial charge in [0.15, 0.2) is 0 Å². The molecule has 0 bridgehead atoms. The zero-order chi connectivity index (χ0) is 26.0. The molecule has 0 saturated carbocycles. The zero-order valence-corrected chi connectivity index (χ0v) is 19.2. The maximum atomic E-state index is 13.5. The number of esters is 1. The maximum absolute atomic E-state index is 13.5. The number of hydrogen-bond donors (Lipinski definition) is 0. The fourth-order valence-corrected chi connectivity index (χ4v) is 5.00. The average molecular weight is 565 g/mol. The Hall–Kier alpha value is -2.08. The first kappa shape index (κ1) is 28.2. The Morgan fingerprint density at radius 2 is 1.74 bits per heavy atom. The molecule has 2 rings (SSSR count). The first-order chi connectivity index (χ1) is 15.3. The number of ether oxygens (including phenoxy) is 2. The van der Waals surface area contributed by atoms with Gasteiger partial charge in [-0.15, -0.1) is 10.1 Å². The second kappa shape index (κ2) is 9.18. The Balaban J connectivity index is 2.19. The number of benzene rings is 1. The first-order valence-corrected chi connectivity index (χ1v) is 13.3. The molecule has 0 spiro atoms. The topological polar surface area (TPSA) is 87.9 Å². The third kappa shape index (κ3) is 7.72. The van der Waals surface area contributed by atoms with Gasteiger partial charge in [0, 0.05) is 17.1 Å². The van der Waals surface area contributed by atoms with E-state index in [-0.39, 0.29) is 30.2 Å². The molecular weight excluding hydrogens is 550 g/mol. The molecular formula is C16H15F8NO6S3. The second-order valence-corrected chi connectivity index (χ2v) is 11.7. The molecule has 1 heterocycles. The normalized spacial score (nSPS) is 18.0. The first-order valence-electron chi connectivity index (χ1n) is 8.82. The van der Waals surface area contributed by atoms with E-state index >= 15 is 0 Å². The van der Waals surface area contributed by atoms with Crippen LogP contribution in [-0.2, 0) is 14.4 Å². The van der Waals surface area contributed by atoms with Gasteiger partial charge in [-0.25, -0.2) is 4.79 Å². The molecule has 1 aromatic carbocycles. The van der Waals surface area contributed by atoms with Crippen molar-refractivity contribution in [1.29, 1.82) is 0 Å². The highest BCUT2D eigenvalue weighted by Gasteiger charge is 2.65. The van der Waals surface area contributed by atoms with E-state index in [4.69, 9.17) is 9.47 Å². The number of alkyl halides is 3. The van der Waals surface area contributed by atoms with Crippen molar-refractivity contribution in [2.24, 2.45) is 0 Å². The van der Waals surface area contributed by atoms with Gasteiger partial charge in [0.25, 0.3) is 5.09 Å². The van der Waals surface area contributed by atoms with Crippen molar-refractivity contribution in [2.75, 3.05) is 24.7 Å². The smallest absolute Gasteiger partial charge is 0.430 e. The summed E-state index contributed by atoms with van der Waals surface area (Å²) < 4.78 is 116. The summed E-state index contributed by atoms with van der Waals surface area (Å²) in [6.07, 6.45) is -7.68. The highest BCUT2D eigenvalue weighted by Crippen LogP contribution is 3.02. The summed E-state index contributed by atoms with van der Waals surface area (Å²) in [4.78, 5) is 23.9. The number of hydrogen-bond acceptors (Lipinski definition) is 8. The molecule has 1 aliphatic heterocycles. The van der Waals surface area contributed by atoms with Crippen LogP contribution in [0.15, 0.2) is 22.6 Å². The van der Waals surface area contributed by atoms with Crippen molar-refractivity contribution in [3.8, 4) is 5.75 Å². The van der Waals surface area contributed by atoms with Gasteiger partial charge in [-0.05, 0) is 30.7 Å². The minimum Gasteiger partial charge on any atom is -0.475 e. The molecule has 1 atom stereocenters. The van der Waals surface area contributed by atoms with Gasteiger partial charge in [-0.1, -0.05) is 41.0 Å². The standard InChI is InChI=1S/C16H15F8NO6S3/c1-9-6-11(34(20,21,22,23)24)7-10-8-12(14(16(17,18)19)31-13(9)10)15(26)29-2-4-32-33-5-3-30-25(27)28/h6-8,14H,2-5H2,1H3/t14-/m0/s1. The Bertz CT molecular complexity index is 1000. The highest BCUT2D eigenvalue weighted by molar-refractivity contribution is 8.76. The van der Waals surface area contributed by atoms with Gasteiger partial charge in [-0.3, -0.25) is 0 Å². The predicted octanol–water partition coefficient (Wildman–Crippen LogP) is 6.49. The number of fused-ring (bicyclic) bond motifs is 1. The number of carbonyl (C=O) groups is 1. The number of halogens is 8. The summed E-state index contributed by atoms with van der Waals surface area (Å²) >= 11 is 0. The maximum Gasteiger partial charge on any atom is 0.430 e. The van der Waals surface area contributed by atoms with Crippen molar-refractivity contribution in [2.45, 2.75) is 24.1 Å². The van der Waals surface area contributed by atoms with Crippen LogP contribution in [0.25, 0.3) is 6.08 Å². The van der Waals surface area contributed by atoms with E-state index < -0.39 is 67.5 Å². The molecule has 0 saturated heterocycles. The van der Waals surface area contributed by atoms with Crippen LogP contribution in [0, 0.1) is 17.0 Å². The lowest BCUT2D eigenvalue weighted by Crippen LogP contribution is -2.41. The van der Waals surface area contributed by atoms with Gasteiger partial charge in [0.05, 0.1) is 5.57 Å². The van der Waals surface area contributed by atoms with Gasteiger partial charge < -0.3 is 14.3 Å². The van der Waals surface area contributed by atoms with Gasteiger partial charge in [-0.2, -0.15) is 13.2 Å². The van der Waals surface area contributed by atoms with Gasteiger partial charge >= 0.3 is 22.4 Å². The van der Waals surface area contributed by atoms with Crippen LogP contribution in [0.2, 0.25) is 0 Å². The van der Waals surface area contributed by atoms with E-state index in [0.29, 0.717) is 6.08 Å². The van der Waals surface area contributed by atoms with Crippen LogP contribution in [0.5, 0.6) is 5.75 Å². The van der Waals surface area contributed by atoms with Crippen molar-refractivity contribution in [3.05, 3.63) is 38.9 Å². The molecule has 194 valence electrons. The van der Waals surface area contributed by atoms with Crippen molar-refractivity contribution in [1.82, 2.24) is 0 Å². The Kier molecular flexibility index (Phi) is 7.60. The highest BCUT2D eigenvalue weighted by atomic mass is 33.1. The lowest BCUT2D eigenvalue weighted by atomic mass is 9.99. The molecule has 0 radical (unpaired) electrons. The summed E-state index contributed by atoms with van der Waals surface area (Å²) in [5.74, 6) is -2.07. The number of carbonyl (C=O) groups excluding carboxylic acids is 1. The zero-order valence-electron chi connectivity index (χ0n) is 16.8. The quantitative estimate of drug-likeness (QED) is 0.0795. The molecule has 18 heteroatoms. The van der Waals surface area contributed by atoms with Crippen LogP contribution in [0.3, 0.4) is 0 Å². The van der Waals surface area contributed by atoms with Crippen LogP contribution >= 0.6 is 31.8 Å². The van der Waals surface area contributed by atoms with Crippen LogP contribution in [-0.4, -0.2) is 48.1 Å². The minimum absolute atomic E-state index is 0.0173. The largest absolute Gasteiger partial charge is 0.475 e. The summed E-state index contributed by atoms with van der Waals surface area (Å²) in [5, 5.41) is 8.98. The molecule has 7 nitrogen and oxygen atoms in total. The SMILES string of the molecule is Cc1cc(S(F)(F)(F)(F)F)cc2c1O[C@H](C(F)(F)F)C(C(=O)OCCSSCCO[N+](=O)[O-])=C2. The van der Waals surface area contributed by atoms with Crippen LogP contribution in [0.1, 0.15) is 11.1 Å². The third-order valence-electron chi connectivity index (χ3n) is 3.93. The van der Waals surface area contributed by atoms with E-state index in [9.17, 15) is 47.5 Å². The Morgan fingerprint density at radius 1 is 1.15 bits per heavy atom. The van der Waals surface area contributed by atoms with E-state index in [0.717, 1.165) is 28.5 Å². The fourth-order valence-electron chi connectivity index (χ4n) is 2.61. The summed E-state index contributed by atoms with van der Waals surface area (Å²) in [6, 6.07) is -0.0974. The Labute approximate surface area is 194 Å². The van der Waals surface area contributed by atoms with Crippen molar-refractivity contribution < 1.29 is 56.8 Å². The summed E-state index contributed by atoms with van der Waals surface area (Å²) in [5.41, 5.74) is -2.63. The number of nitrogens with zero attached hydrogens (tertiary/aromatic N) is 1. The molecule has 34 heavy (non-hydrogen) atoms. The Morgan fingerprint density at radius 3 is 2.26 bits per heavy atom. The molecule has 0 unspecified atom stereocenters. The lowest BCUT2D eigenvalue weighted by Gasteiger charge is -2.41. The van der Waals surface area contributed by atoms with Crippen LogP contribution in [0.4, 0.5) is 32.6 Å². The predicted molar refractivity (Wildman–Crippen MR) is 110 cm³/mol. The molecule has 0 amide bonds. The molecule has 1 aliphatic rings. The monoisotopic (exact) mass is 565 g/mol. The minimum atomic E-state index is -10.2. The van der Waals surface area contributed by atoms with Crippen LogP contribution < -0.4 is 4.74 Å². The van der Waals surface area contributed by atoms with E-state index in [1.54, 1.807) is 0 Å². The van der Waals surface area contributed by atoms with Crippen molar-refractivity contribution in [3.63, 3.8) is 0 Å². The van der Waals surface area contributed by atoms with Crippen molar-refractivity contribution >= 4 is 43.9 Å². The average Bonchev–Trinajstić information content (AvgIpc) is 2.66. The lowest BCUT2D eigenvalue weighted by molar-refractivity contribution is -0.756. The second-order valence-electron chi connectivity index (χ2n) is 6.60. The molecule has 0 aliphatic carbocycles. The summed E-state index contributed by atoms with van der Waals surface area (Å²) in [7, 11) is -8.03. The van der Waals surface area contributed by atoms with Gasteiger partial charge in [0.1, 0.15) is 23.9 Å². The number of rotatable bonds is 10. The molecule has 0 N–H and O–H groups in total.